The van der Waals surface area contributed by atoms with Gasteiger partial charge in [-0.05, 0) is 42.5 Å². The number of allylic oxidation sites excluding steroid dienone is 2. The summed E-state index contributed by atoms with van der Waals surface area (Å²) in [6, 6.07) is 17.6. The first-order chi connectivity index (χ1) is 11.2. The van der Waals surface area contributed by atoms with Gasteiger partial charge in [-0.25, -0.2) is 0 Å². The Labute approximate surface area is 142 Å². The van der Waals surface area contributed by atoms with Crippen LogP contribution in [0, 0.1) is 5.92 Å². The van der Waals surface area contributed by atoms with Crippen LogP contribution in [0.3, 0.4) is 0 Å². The van der Waals surface area contributed by atoms with Gasteiger partial charge in [0.05, 0.1) is 6.04 Å². The number of halogens is 1. The van der Waals surface area contributed by atoms with Gasteiger partial charge >= 0.3 is 0 Å². The van der Waals surface area contributed by atoms with Gasteiger partial charge in [0.15, 0.2) is 0 Å². The van der Waals surface area contributed by atoms with Crippen LogP contribution in [0.1, 0.15) is 36.4 Å². The van der Waals surface area contributed by atoms with Gasteiger partial charge in [-0.3, -0.25) is 4.79 Å². The van der Waals surface area contributed by atoms with Crippen molar-refractivity contribution in [2.45, 2.75) is 25.3 Å². The lowest BCUT2D eigenvalue weighted by molar-refractivity contribution is -0.125. The van der Waals surface area contributed by atoms with Crippen molar-refractivity contribution in [2.24, 2.45) is 5.92 Å². The van der Waals surface area contributed by atoms with Crippen LogP contribution in [0.15, 0.2) is 66.7 Å². The third-order valence-electron chi connectivity index (χ3n) is 4.26. The Morgan fingerprint density at radius 1 is 1.00 bits per heavy atom. The predicted octanol–water partition coefficient (Wildman–Crippen LogP) is 4.90. The second-order valence-electron chi connectivity index (χ2n) is 5.89. The van der Waals surface area contributed by atoms with Crippen LogP contribution in [0.4, 0.5) is 0 Å². The fraction of sp³-hybridized carbons (Fsp3) is 0.250. The third-order valence-corrected chi connectivity index (χ3v) is 4.51. The van der Waals surface area contributed by atoms with Gasteiger partial charge in [0, 0.05) is 10.9 Å². The second-order valence-corrected chi connectivity index (χ2v) is 6.32. The third kappa shape index (κ3) is 4.02. The topological polar surface area (TPSA) is 29.1 Å². The predicted molar refractivity (Wildman–Crippen MR) is 94.4 cm³/mol. The van der Waals surface area contributed by atoms with Crippen molar-refractivity contribution in [3.63, 3.8) is 0 Å². The molecule has 1 aliphatic carbocycles. The van der Waals surface area contributed by atoms with E-state index in [-0.39, 0.29) is 17.9 Å². The van der Waals surface area contributed by atoms with Crippen molar-refractivity contribution in [2.75, 3.05) is 0 Å². The number of benzene rings is 2. The number of amides is 1. The SMILES string of the molecule is O=C(NC(c1ccccc1)c1ccc(Cl)cc1)C1CC=CCC1. The van der Waals surface area contributed by atoms with Crippen molar-refractivity contribution in [3.05, 3.63) is 82.9 Å². The van der Waals surface area contributed by atoms with E-state index in [1.54, 1.807) is 0 Å². The molecule has 118 valence electrons. The van der Waals surface area contributed by atoms with E-state index in [0.717, 1.165) is 30.4 Å². The number of carbonyl (C=O) groups is 1. The highest BCUT2D eigenvalue weighted by Gasteiger charge is 2.23. The fourth-order valence-electron chi connectivity index (χ4n) is 2.95. The van der Waals surface area contributed by atoms with Crippen molar-refractivity contribution in [1.29, 1.82) is 0 Å². The Balaban J connectivity index is 1.84. The summed E-state index contributed by atoms with van der Waals surface area (Å²) in [5.74, 6) is 0.191. The van der Waals surface area contributed by atoms with Gasteiger partial charge < -0.3 is 5.32 Å². The van der Waals surface area contributed by atoms with Gasteiger partial charge in [0.1, 0.15) is 0 Å². The van der Waals surface area contributed by atoms with E-state index in [4.69, 9.17) is 11.6 Å². The minimum Gasteiger partial charge on any atom is -0.345 e. The number of nitrogens with one attached hydrogen (secondary N) is 1. The summed E-state index contributed by atoms with van der Waals surface area (Å²) >= 11 is 5.99. The first kappa shape index (κ1) is 15.8. The van der Waals surface area contributed by atoms with E-state index in [0.29, 0.717) is 5.02 Å². The van der Waals surface area contributed by atoms with Crippen molar-refractivity contribution < 1.29 is 4.79 Å². The number of hydrogen-bond acceptors (Lipinski definition) is 1. The minimum absolute atomic E-state index is 0.0681. The zero-order valence-corrected chi connectivity index (χ0v) is 13.7. The smallest absolute Gasteiger partial charge is 0.224 e. The van der Waals surface area contributed by atoms with E-state index in [1.165, 1.54) is 0 Å². The zero-order valence-electron chi connectivity index (χ0n) is 12.9. The quantitative estimate of drug-likeness (QED) is 0.796. The molecule has 2 aromatic carbocycles. The highest BCUT2D eigenvalue weighted by molar-refractivity contribution is 6.30. The largest absolute Gasteiger partial charge is 0.345 e. The molecule has 0 radical (unpaired) electrons. The molecule has 3 rings (SSSR count). The molecule has 1 aliphatic rings. The Kier molecular flexibility index (Phi) is 5.14. The summed E-state index contributed by atoms with van der Waals surface area (Å²) in [6.07, 6.45) is 6.98. The minimum atomic E-state index is -0.146. The molecule has 0 aliphatic heterocycles. The lowest BCUT2D eigenvalue weighted by Gasteiger charge is -2.24. The normalized spacial score (nSPS) is 18.4. The summed E-state index contributed by atoms with van der Waals surface area (Å²) in [5.41, 5.74) is 2.12. The molecule has 1 N–H and O–H groups in total. The molecule has 2 atom stereocenters. The molecule has 2 unspecified atom stereocenters. The molecule has 0 saturated heterocycles. The molecular formula is C20H20ClNO. The van der Waals surface area contributed by atoms with E-state index in [1.807, 2.05) is 54.6 Å². The van der Waals surface area contributed by atoms with Gasteiger partial charge in [-0.1, -0.05) is 66.2 Å². The Bertz CT molecular complexity index is 679. The van der Waals surface area contributed by atoms with Crippen LogP contribution in [0.5, 0.6) is 0 Å². The highest BCUT2D eigenvalue weighted by Crippen LogP contribution is 2.26. The number of hydrogen-bond donors (Lipinski definition) is 1. The summed E-state index contributed by atoms with van der Waals surface area (Å²) < 4.78 is 0. The maximum atomic E-state index is 12.7. The van der Waals surface area contributed by atoms with Crippen LogP contribution >= 0.6 is 11.6 Å². The Morgan fingerprint density at radius 3 is 2.35 bits per heavy atom. The molecule has 3 heteroatoms. The maximum Gasteiger partial charge on any atom is 0.224 e. The molecule has 0 bridgehead atoms. The van der Waals surface area contributed by atoms with Crippen LogP contribution in [0.2, 0.25) is 5.02 Å². The molecular weight excluding hydrogens is 306 g/mol. The van der Waals surface area contributed by atoms with Gasteiger partial charge in [0.2, 0.25) is 5.91 Å². The molecule has 0 spiro atoms. The summed E-state index contributed by atoms with van der Waals surface area (Å²) in [4.78, 5) is 12.7. The molecule has 0 heterocycles. The van der Waals surface area contributed by atoms with Crippen molar-refractivity contribution >= 4 is 17.5 Å². The molecule has 2 nitrogen and oxygen atoms in total. The van der Waals surface area contributed by atoms with Crippen molar-refractivity contribution in [1.82, 2.24) is 5.32 Å². The van der Waals surface area contributed by atoms with Crippen LogP contribution in [-0.2, 0) is 4.79 Å². The van der Waals surface area contributed by atoms with Gasteiger partial charge in [-0.15, -0.1) is 0 Å². The van der Waals surface area contributed by atoms with E-state index in [9.17, 15) is 4.79 Å². The number of carbonyl (C=O) groups excluding carboxylic acids is 1. The van der Waals surface area contributed by atoms with Crippen LogP contribution < -0.4 is 5.32 Å². The summed E-state index contributed by atoms with van der Waals surface area (Å²) in [7, 11) is 0. The standard InChI is InChI=1S/C20H20ClNO/c21-18-13-11-16(12-14-18)19(15-7-3-1-4-8-15)22-20(23)17-9-5-2-6-10-17/h1-5,7-8,11-14,17,19H,6,9-10H2,(H,22,23). The molecule has 0 saturated carbocycles. The molecule has 0 aromatic heterocycles. The molecule has 23 heavy (non-hydrogen) atoms. The second kappa shape index (κ2) is 7.47. The van der Waals surface area contributed by atoms with Gasteiger partial charge in [0.25, 0.3) is 0 Å². The first-order valence-corrected chi connectivity index (χ1v) is 8.37. The average Bonchev–Trinajstić information content (AvgIpc) is 2.62. The molecule has 0 fully saturated rings. The fourth-order valence-corrected chi connectivity index (χ4v) is 3.08. The van der Waals surface area contributed by atoms with Crippen LogP contribution in [0.25, 0.3) is 0 Å². The Hall–Kier alpha value is -2.06. The lowest BCUT2D eigenvalue weighted by Crippen LogP contribution is -2.35. The summed E-state index contributed by atoms with van der Waals surface area (Å²) in [5, 5.41) is 3.92. The molecule has 1 amide bonds. The van der Waals surface area contributed by atoms with Crippen LogP contribution in [-0.4, -0.2) is 5.91 Å². The monoisotopic (exact) mass is 325 g/mol. The highest BCUT2D eigenvalue weighted by atomic mass is 35.5. The lowest BCUT2D eigenvalue weighted by atomic mass is 9.92. The van der Waals surface area contributed by atoms with E-state index >= 15 is 0 Å². The van der Waals surface area contributed by atoms with E-state index < -0.39 is 0 Å². The van der Waals surface area contributed by atoms with Crippen molar-refractivity contribution in [3.8, 4) is 0 Å². The van der Waals surface area contributed by atoms with E-state index in [2.05, 4.69) is 17.5 Å². The average molecular weight is 326 g/mol. The maximum absolute atomic E-state index is 12.7. The first-order valence-electron chi connectivity index (χ1n) is 8.00. The summed E-state index contributed by atoms with van der Waals surface area (Å²) in [6.45, 7) is 0. The zero-order chi connectivity index (χ0) is 16.1. The van der Waals surface area contributed by atoms with Gasteiger partial charge in [-0.2, -0.15) is 0 Å². The number of rotatable bonds is 4. The Morgan fingerprint density at radius 2 is 1.70 bits per heavy atom. The molecule has 2 aromatic rings.